The van der Waals surface area contributed by atoms with Gasteiger partial charge >= 0.3 is 0 Å². The second-order valence-corrected chi connectivity index (χ2v) is 5.22. The first-order valence-electron chi connectivity index (χ1n) is 7.18. The third-order valence-electron chi connectivity index (χ3n) is 3.01. The van der Waals surface area contributed by atoms with Gasteiger partial charge in [-0.2, -0.15) is 0 Å². The number of nitrogens with one attached hydrogen (secondary N) is 1. The average molecular weight is 335 g/mol. The smallest absolute Gasteiger partial charge is 0.242 e. The fourth-order valence-corrected chi connectivity index (χ4v) is 1.73. The number of benzene rings is 1. The zero-order valence-electron chi connectivity index (χ0n) is 13.4. The van der Waals surface area contributed by atoms with Crippen LogP contribution in [-0.4, -0.2) is 52.3 Å². The topological polar surface area (TPSA) is 89.4 Å². The number of halogens is 1. The van der Waals surface area contributed by atoms with Crippen LogP contribution >= 0.6 is 0 Å². The Bertz CT molecular complexity index is 717. The number of nitrogens with zero attached hydrogens (tertiary/aromatic N) is 4. The maximum atomic E-state index is 13.0. The lowest BCUT2D eigenvalue weighted by molar-refractivity contribution is -0.131. The van der Waals surface area contributed by atoms with Crippen LogP contribution in [0.1, 0.15) is 5.69 Å². The summed E-state index contributed by atoms with van der Waals surface area (Å²) >= 11 is 0. The van der Waals surface area contributed by atoms with Crippen LogP contribution in [-0.2, 0) is 22.7 Å². The number of carbonyl (C=O) groups excluding carboxylic acids is 2. The van der Waals surface area contributed by atoms with E-state index in [0.717, 1.165) is 0 Å². The Hall–Kier alpha value is -2.97. The second-order valence-electron chi connectivity index (χ2n) is 5.22. The number of aromatic nitrogens is 3. The largest absolute Gasteiger partial charge is 0.487 e. The Balaban J connectivity index is 1.80. The fraction of sp³-hybridized carbons (Fsp3) is 0.333. The first-order chi connectivity index (χ1) is 11.4. The Kier molecular flexibility index (Phi) is 5.83. The summed E-state index contributed by atoms with van der Waals surface area (Å²) < 4.78 is 19.8. The van der Waals surface area contributed by atoms with Crippen molar-refractivity contribution >= 4 is 11.8 Å². The molecule has 0 saturated heterocycles. The van der Waals surface area contributed by atoms with Crippen molar-refractivity contribution in [3.63, 3.8) is 0 Å². The molecule has 0 fully saturated rings. The van der Waals surface area contributed by atoms with Gasteiger partial charge in [-0.05, 0) is 12.1 Å². The lowest BCUT2D eigenvalue weighted by Crippen LogP contribution is -2.37. The van der Waals surface area contributed by atoms with Crippen molar-refractivity contribution in [2.75, 3.05) is 20.6 Å². The molecule has 2 amide bonds. The molecule has 0 aliphatic carbocycles. The van der Waals surface area contributed by atoms with Crippen LogP contribution in [0, 0.1) is 5.82 Å². The Morgan fingerprint density at radius 2 is 2.17 bits per heavy atom. The summed E-state index contributed by atoms with van der Waals surface area (Å²) in [6.07, 6.45) is 1.55. The van der Waals surface area contributed by atoms with Gasteiger partial charge in [0.1, 0.15) is 30.4 Å². The molecular formula is C15H18FN5O3. The maximum Gasteiger partial charge on any atom is 0.242 e. The molecule has 0 aliphatic heterocycles. The third kappa shape index (κ3) is 5.34. The molecule has 8 nitrogen and oxygen atoms in total. The quantitative estimate of drug-likeness (QED) is 0.781. The van der Waals surface area contributed by atoms with E-state index >= 15 is 0 Å². The van der Waals surface area contributed by atoms with Gasteiger partial charge in [0.15, 0.2) is 0 Å². The zero-order valence-corrected chi connectivity index (χ0v) is 13.4. The van der Waals surface area contributed by atoms with Gasteiger partial charge in [-0.3, -0.25) is 9.59 Å². The number of amides is 2. The summed E-state index contributed by atoms with van der Waals surface area (Å²) in [7, 11) is 3.22. The summed E-state index contributed by atoms with van der Waals surface area (Å²) in [5, 5.41) is 10.2. The van der Waals surface area contributed by atoms with Gasteiger partial charge in [0.05, 0.1) is 12.7 Å². The van der Waals surface area contributed by atoms with Crippen molar-refractivity contribution in [2.24, 2.45) is 0 Å². The Morgan fingerprint density at radius 3 is 2.88 bits per heavy atom. The molecule has 0 unspecified atom stereocenters. The van der Waals surface area contributed by atoms with Crippen LogP contribution in [0.3, 0.4) is 0 Å². The molecule has 1 aromatic carbocycles. The van der Waals surface area contributed by atoms with Crippen LogP contribution < -0.4 is 10.1 Å². The molecule has 0 spiro atoms. The molecule has 1 N–H and O–H groups in total. The van der Waals surface area contributed by atoms with Crippen LogP contribution in [0.5, 0.6) is 5.75 Å². The van der Waals surface area contributed by atoms with E-state index in [2.05, 4.69) is 15.6 Å². The third-order valence-corrected chi connectivity index (χ3v) is 3.01. The number of likely N-dealkylation sites (N-methyl/N-ethyl adjacent to an activating group) is 1. The minimum atomic E-state index is -0.389. The highest BCUT2D eigenvalue weighted by molar-refractivity contribution is 5.84. The van der Waals surface area contributed by atoms with Crippen molar-refractivity contribution in [1.82, 2.24) is 25.2 Å². The van der Waals surface area contributed by atoms with Gasteiger partial charge in [-0.15, -0.1) is 5.10 Å². The van der Waals surface area contributed by atoms with Gasteiger partial charge in [-0.25, -0.2) is 9.07 Å². The van der Waals surface area contributed by atoms with E-state index in [1.165, 1.54) is 21.7 Å². The average Bonchev–Trinajstić information content (AvgIpc) is 2.98. The minimum Gasteiger partial charge on any atom is -0.487 e. The molecule has 0 bridgehead atoms. The number of ether oxygens (including phenoxy) is 1. The maximum absolute atomic E-state index is 13.0. The molecule has 2 aromatic rings. The minimum absolute atomic E-state index is 0.0618. The molecular weight excluding hydrogens is 317 g/mol. The van der Waals surface area contributed by atoms with E-state index in [1.807, 2.05) is 0 Å². The number of hydrogen-bond acceptors (Lipinski definition) is 5. The second kappa shape index (κ2) is 8.04. The van der Waals surface area contributed by atoms with E-state index in [1.54, 1.807) is 32.4 Å². The first-order valence-corrected chi connectivity index (χ1v) is 7.18. The van der Waals surface area contributed by atoms with Crippen LogP contribution in [0.4, 0.5) is 4.39 Å². The first kappa shape index (κ1) is 17.4. The van der Waals surface area contributed by atoms with Gasteiger partial charge in [-0.1, -0.05) is 11.3 Å². The van der Waals surface area contributed by atoms with E-state index in [0.29, 0.717) is 11.4 Å². The number of hydrogen-bond donors (Lipinski definition) is 1. The SMILES string of the molecule is CN(C)C(=O)CNC(=O)Cn1cc(COc2cccc(F)c2)nn1. The monoisotopic (exact) mass is 335 g/mol. The Labute approximate surface area is 138 Å². The molecule has 0 aliphatic rings. The highest BCUT2D eigenvalue weighted by Gasteiger charge is 2.09. The molecule has 1 aromatic heterocycles. The summed E-state index contributed by atoms with van der Waals surface area (Å²) in [6.45, 7) is -0.0338. The number of carbonyl (C=O) groups is 2. The fourth-order valence-electron chi connectivity index (χ4n) is 1.73. The highest BCUT2D eigenvalue weighted by Crippen LogP contribution is 2.13. The summed E-state index contributed by atoms with van der Waals surface area (Å²) in [5.74, 6) is -0.566. The molecule has 0 radical (unpaired) electrons. The Morgan fingerprint density at radius 1 is 1.38 bits per heavy atom. The molecule has 0 atom stereocenters. The normalized spacial score (nSPS) is 10.3. The van der Waals surface area contributed by atoms with Crippen LogP contribution in [0.25, 0.3) is 0 Å². The molecule has 2 rings (SSSR count). The van der Waals surface area contributed by atoms with Crippen molar-refractivity contribution in [2.45, 2.75) is 13.2 Å². The zero-order chi connectivity index (χ0) is 17.5. The predicted molar refractivity (Wildman–Crippen MR) is 82.5 cm³/mol. The van der Waals surface area contributed by atoms with E-state index in [-0.39, 0.29) is 37.3 Å². The van der Waals surface area contributed by atoms with Gasteiger partial charge in [0.2, 0.25) is 11.8 Å². The molecule has 24 heavy (non-hydrogen) atoms. The highest BCUT2D eigenvalue weighted by atomic mass is 19.1. The molecule has 1 heterocycles. The molecule has 9 heteroatoms. The number of rotatable bonds is 7. The van der Waals surface area contributed by atoms with Crippen molar-refractivity contribution < 1.29 is 18.7 Å². The lowest BCUT2D eigenvalue weighted by atomic mass is 10.3. The van der Waals surface area contributed by atoms with Crippen molar-refractivity contribution in [3.05, 3.63) is 42.0 Å². The summed E-state index contributed by atoms with van der Waals surface area (Å²) in [4.78, 5) is 24.5. The van der Waals surface area contributed by atoms with E-state index < -0.39 is 0 Å². The predicted octanol–water partition coefficient (Wildman–Crippen LogP) is 0.201. The summed E-state index contributed by atoms with van der Waals surface area (Å²) in [6, 6.07) is 5.76. The standard InChI is InChI=1S/C15H18FN5O3/c1-20(2)15(23)7-17-14(22)9-21-8-12(18-19-21)10-24-13-5-3-4-11(16)6-13/h3-6,8H,7,9-10H2,1-2H3,(H,17,22). The molecule has 128 valence electrons. The van der Waals surface area contributed by atoms with Gasteiger partial charge in [0, 0.05) is 20.2 Å². The van der Waals surface area contributed by atoms with Gasteiger partial charge in [0.25, 0.3) is 0 Å². The van der Waals surface area contributed by atoms with E-state index in [9.17, 15) is 14.0 Å². The van der Waals surface area contributed by atoms with Crippen molar-refractivity contribution in [3.8, 4) is 5.75 Å². The summed E-state index contributed by atoms with van der Waals surface area (Å²) in [5.41, 5.74) is 0.497. The molecule has 0 saturated carbocycles. The van der Waals surface area contributed by atoms with E-state index in [4.69, 9.17) is 4.74 Å². The van der Waals surface area contributed by atoms with Gasteiger partial charge < -0.3 is 15.0 Å². The lowest BCUT2D eigenvalue weighted by Gasteiger charge is -2.10. The van der Waals surface area contributed by atoms with Crippen molar-refractivity contribution in [1.29, 1.82) is 0 Å². The van der Waals surface area contributed by atoms with Crippen LogP contribution in [0.2, 0.25) is 0 Å². The van der Waals surface area contributed by atoms with Crippen LogP contribution in [0.15, 0.2) is 30.5 Å².